The van der Waals surface area contributed by atoms with Gasteiger partial charge in [0.05, 0.1) is 17.0 Å². The van der Waals surface area contributed by atoms with E-state index in [1.807, 2.05) is 61.7 Å². The van der Waals surface area contributed by atoms with Gasteiger partial charge in [-0.25, -0.2) is 4.98 Å². The Labute approximate surface area is 176 Å². The van der Waals surface area contributed by atoms with Gasteiger partial charge in [-0.15, -0.1) is 23.1 Å². The molecule has 0 unspecified atom stereocenters. The highest BCUT2D eigenvalue weighted by Gasteiger charge is 2.16. The van der Waals surface area contributed by atoms with Crippen LogP contribution in [0.15, 0.2) is 63.5 Å². The molecule has 0 aliphatic carbocycles. The number of carbonyl (C=O) groups excluding carboxylic acids is 1. The predicted molar refractivity (Wildman–Crippen MR) is 115 cm³/mol. The SMILES string of the molecule is Cc1noc(C)c1CSc1ccccc1C(=O)Nc1nc(-c2ccccn2)cs1. The van der Waals surface area contributed by atoms with Crippen molar-refractivity contribution in [2.45, 2.75) is 24.5 Å². The average Bonchev–Trinajstić information content (AvgIpc) is 3.34. The number of aromatic nitrogens is 3. The van der Waals surface area contributed by atoms with E-state index in [2.05, 4.69) is 20.4 Å². The molecule has 146 valence electrons. The van der Waals surface area contributed by atoms with Crippen LogP contribution in [0.4, 0.5) is 5.13 Å². The van der Waals surface area contributed by atoms with E-state index < -0.39 is 0 Å². The summed E-state index contributed by atoms with van der Waals surface area (Å²) in [6.07, 6.45) is 1.72. The maximum Gasteiger partial charge on any atom is 0.258 e. The number of thioether (sulfide) groups is 1. The standard InChI is InChI=1S/C21H18N4O2S2/c1-13-16(14(2)27-25-13)11-28-19-9-4-3-7-15(19)20(26)24-21-23-18(12-29-21)17-8-5-6-10-22-17/h3-10,12H,11H2,1-2H3,(H,23,24,26). The topological polar surface area (TPSA) is 80.9 Å². The van der Waals surface area contributed by atoms with E-state index in [4.69, 9.17) is 4.52 Å². The Kier molecular flexibility index (Phi) is 5.73. The van der Waals surface area contributed by atoms with Gasteiger partial charge in [0.15, 0.2) is 5.13 Å². The monoisotopic (exact) mass is 422 g/mol. The van der Waals surface area contributed by atoms with Crippen molar-refractivity contribution >= 4 is 34.1 Å². The van der Waals surface area contributed by atoms with Gasteiger partial charge in [0.25, 0.3) is 5.91 Å². The molecule has 0 saturated carbocycles. The molecule has 1 N–H and O–H groups in total. The smallest absolute Gasteiger partial charge is 0.258 e. The third-order valence-corrected chi connectivity index (χ3v) is 6.19. The number of carbonyl (C=O) groups is 1. The highest BCUT2D eigenvalue weighted by molar-refractivity contribution is 7.98. The zero-order chi connectivity index (χ0) is 20.2. The summed E-state index contributed by atoms with van der Waals surface area (Å²) >= 11 is 2.96. The normalized spacial score (nSPS) is 10.8. The molecule has 4 rings (SSSR count). The van der Waals surface area contributed by atoms with E-state index in [-0.39, 0.29) is 5.91 Å². The van der Waals surface area contributed by atoms with Crippen LogP contribution in [0.1, 0.15) is 27.4 Å². The lowest BCUT2D eigenvalue weighted by atomic mass is 10.2. The zero-order valence-electron chi connectivity index (χ0n) is 15.9. The van der Waals surface area contributed by atoms with Crippen LogP contribution in [0.5, 0.6) is 0 Å². The van der Waals surface area contributed by atoms with E-state index in [9.17, 15) is 4.79 Å². The molecule has 0 radical (unpaired) electrons. The van der Waals surface area contributed by atoms with Crippen LogP contribution in [0.3, 0.4) is 0 Å². The second-order valence-electron chi connectivity index (χ2n) is 6.29. The lowest BCUT2D eigenvalue weighted by Crippen LogP contribution is -2.12. The minimum absolute atomic E-state index is 0.186. The van der Waals surface area contributed by atoms with Crippen LogP contribution in [0.2, 0.25) is 0 Å². The summed E-state index contributed by atoms with van der Waals surface area (Å²) in [5.41, 5.74) is 4.07. The van der Waals surface area contributed by atoms with Gasteiger partial charge in [-0.1, -0.05) is 23.4 Å². The minimum Gasteiger partial charge on any atom is -0.361 e. The maximum absolute atomic E-state index is 12.9. The van der Waals surface area contributed by atoms with Gasteiger partial charge in [-0.2, -0.15) is 0 Å². The van der Waals surface area contributed by atoms with E-state index >= 15 is 0 Å². The first-order chi connectivity index (χ1) is 14.1. The first-order valence-electron chi connectivity index (χ1n) is 8.93. The molecule has 3 aromatic heterocycles. The molecule has 0 saturated heterocycles. The number of nitrogens with one attached hydrogen (secondary N) is 1. The Balaban J connectivity index is 1.49. The van der Waals surface area contributed by atoms with Gasteiger partial charge in [0, 0.05) is 27.8 Å². The van der Waals surface area contributed by atoms with E-state index in [0.717, 1.165) is 33.3 Å². The Hall–Kier alpha value is -2.97. The molecule has 0 atom stereocenters. The molecule has 4 aromatic rings. The van der Waals surface area contributed by atoms with Gasteiger partial charge in [-0.3, -0.25) is 15.1 Å². The van der Waals surface area contributed by atoms with Gasteiger partial charge in [0.1, 0.15) is 11.5 Å². The van der Waals surface area contributed by atoms with Crippen LogP contribution in [0, 0.1) is 13.8 Å². The second-order valence-corrected chi connectivity index (χ2v) is 8.17. The number of rotatable bonds is 6. The van der Waals surface area contributed by atoms with Crippen LogP contribution in [0.25, 0.3) is 11.4 Å². The summed E-state index contributed by atoms with van der Waals surface area (Å²) in [7, 11) is 0. The van der Waals surface area contributed by atoms with Crippen molar-refractivity contribution < 1.29 is 9.32 Å². The fourth-order valence-corrected chi connectivity index (χ4v) is 4.67. The molecule has 3 heterocycles. The number of pyridine rings is 1. The third kappa shape index (κ3) is 4.38. The van der Waals surface area contributed by atoms with E-state index in [1.165, 1.54) is 11.3 Å². The molecular formula is C21H18N4O2S2. The molecule has 29 heavy (non-hydrogen) atoms. The van der Waals surface area contributed by atoms with Gasteiger partial charge < -0.3 is 4.52 Å². The summed E-state index contributed by atoms with van der Waals surface area (Å²) in [6, 6.07) is 13.2. The van der Waals surface area contributed by atoms with E-state index in [1.54, 1.807) is 18.0 Å². The summed E-state index contributed by atoms with van der Waals surface area (Å²) < 4.78 is 5.22. The maximum atomic E-state index is 12.9. The zero-order valence-corrected chi connectivity index (χ0v) is 17.5. The molecular weight excluding hydrogens is 404 g/mol. The first-order valence-corrected chi connectivity index (χ1v) is 10.8. The molecule has 1 amide bonds. The molecule has 0 fully saturated rings. The average molecular weight is 423 g/mol. The van der Waals surface area contributed by atoms with Gasteiger partial charge in [0.2, 0.25) is 0 Å². The number of benzene rings is 1. The van der Waals surface area contributed by atoms with Crippen molar-refractivity contribution in [2.75, 3.05) is 5.32 Å². The molecule has 6 nitrogen and oxygen atoms in total. The van der Waals surface area contributed by atoms with Crippen molar-refractivity contribution in [2.24, 2.45) is 0 Å². The Bertz CT molecular complexity index is 1120. The molecule has 0 aliphatic rings. The lowest BCUT2D eigenvalue weighted by Gasteiger charge is -2.08. The molecule has 1 aromatic carbocycles. The molecule has 0 bridgehead atoms. The highest BCUT2D eigenvalue weighted by atomic mass is 32.2. The van der Waals surface area contributed by atoms with Crippen LogP contribution >= 0.6 is 23.1 Å². The number of nitrogens with zero attached hydrogens (tertiary/aromatic N) is 3. The number of hydrogen-bond donors (Lipinski definition) is 1. The van der Waals surface area contributed by atoms with Crippen molar-refractivity contribution in [3.8, 4) is 11.4 Å². The van der Waals surface area contributed by atoms with Crippen molar-refractivity contribution in [1.29, 1.82) is 0 Å². The fraction of sp³-hybridized carbons (Fsp3) is 0.143. The molecule has 0 spiro atoms. The van der Waals surface area contributed by atoms with Crippen molar-refractivity contribution in [1.82, 2.24) is 15.1 Å². The number of thiazole rings is 1. The Morgan fingerprint density at radius 3 is 2.72 bits per heavy atom. The van der Waals surface area contributed by atoms with Crippen molar-refractivity contribution in [3.05, 3.63) is 76.6 Å². The van der Waals surface area contributed by atoms with Crippen molar-refractivity contribution in [3.63, 3.8) is 0 Å². The lowest BCUT2D eigenvalue weighted by molar-refractivity contribution is 0.102. The number of hydrogen-bond acceptors (Lipinski definition) is 7. The number of anilines is 1. The number of amides is 1. The summed E-state index contributed by atoms with van der Waals surface area (Å²) in [5, 5.41) is 9.32. The largest absolute Gasteiger partial charge is 0.361 e. The number of aryl methyl sites for hydroxylation is 2. The van der Waals surface area contributed by atoms with Crippen LogP contribution < -0.4 is 5.32 Å². The minimum atomic E-state index is -0.186. The Morgan fingerprint density at radius 1 is 1.14 bits per heavy atom. The second kappa shape index (κ2) is 8.59. The summed E-state index contributed by atoms with van der Waals surface area (Å²) in [5.74, 6) is 1.31. The molecule has 8 heteroatoms. The van der Waals surface area contributed by atoms with Crippen LogP contribution in [-0.4, -0.2) is 21.0 Å². The van der Waals surface area contributed by atoms with Crippen LogP contribution in [-0.2, 0) is 5.75 Å². The highest BCUT2D eigenvalue weighted by Crippen LogP contribution is 2.30. The Morgan fingerprint density at radius 2 is 1.97 bits per heavy atom. The quantitative estimate of drug-likeness (QED) is 0.422. The predicted octanol–water partition coefficient (Wildman–Crippen LogP) is 5.35. The summed E-state index contributed by atoms with van der Waals surface area (Å²) in [4.78, 5) is 22.5. The first kappa shape index (κ1) is 19.4. The third-order valence-electron chi connectivity index (χ3n) is 4.34. The fourth-order valence-electron chi connectivity index (χ4n) is 2.77. The van der Waals surface area contributed by atoms with Gasteiger partial charge in [-0.05, 0) is 38.1 Å². The van der Waals surface area contributed by atoms with E-state index in [0.29, 0.717) is 16.4 Å². The summed E-state index contributed by atoms with van der Waals surface area (Å²) in [6.45, 7) is 3.82. The molecule has 0 aliphatic heterocycles. The van der Waals surface area contributed by atoms with Gasteiger partial charge >= 0.3 is 0 Å².